The average molecular weight is 204 g/mol. The highest BCUT2D eigenvalue weighted by molar-refractivity contribution is 6.31. The minimum Gasteiger partial charge on any atom is -0.387 e. The Labute approximate surface area is 81.1 Å². The lowest BCUT2D eigenvalue weighted by Crippen LogP contribution is -2.24. The predicted octanol–water partition coefficient (Wildman–Crippen LogP) is 1.86. The number of aliphatic hydroxyl groups excluding tert-OH is 1. The maximum absolute atomic E-state index is 12.8. The second kappa shape index (κ2) is 4.05. The summed E-state index contributed by atoms with van der Waals surface area (Å²) < 4.78 is 12.8. The van der Waals surface area contributed by atoms with Crippen molar-refractivity contribution in [2.45, 2.75) is 19.1 Å². The highest BCUT2D eigenvalue weighted by Crippen LogP contribution is 2.25. The Kier molecular flexibility index (Phi) is 3.25. The summed E-state index contributed by atoms with van der Waals surface area (Å²) in [4.78, 5) is 0. The molecule has 0 saturated heterocycles. The van der Waals surface area contributed by atoms with Crippen molar-refractivity contribution in [2.24, 2.45) is 5.73 Å². The van der Waals surface area contributed by atoms with Gasteiger partial charge in [0.2, 0.25) is 0 Å². The third-order valence-electron chi connectivity index (χ3n) is 1.77. The summed E-state index contributed by atoms with van der Waals surface area (Å²) in [6, 6.07) is 3.35. The van der Waals surface area contributed by atoms with Gasteiger partial charge >= 0.3 is 0 Å². The van der Waals surface area contributed by atoms with Gasteiger partial charge in [-0.2, -0.15) is 0 Å². The van der Waals surface area contributed by atoms with Crippen LogP contribution < -0.4 is 5.73 Å². The zero-order valence-corrected chi connectivity index (χ0v) is 7.92. The zero-order chi connectivity index (χ0) is 10.0. The third kappa shape index (κ3) is 2.40. The molecule has 0 amide bonds. The molecule has 3 N–H and O–H groups in total. The summed E-state index contributed by atoms with van der Waals surface area (Å²) in [6.45, 7) is 1.63. The molecule has 0 aliphatic rings. The van der Waals surface area contributed by atoms with Crippen LogP contribution in [0.15, 0.2) is 18.2 Å². The topological polar surface area (TPSA) is 46.2 Å². The number of benzene rings is 1. The van der Waals surface area contributed by atoms with E-state index in [1.165, 1.54) is 18.2 Å². The van der Waals surface area contributed by atoms with Crippen molar-refractivity contribution in [3.63, 3.8) is 0 Å². The minimum absolute atomic E-state index is 0.325. The van der Waals surface area contributed by atoms with Gasteiger partial charge in [0.15, 0.2) is 0 Å². The molecule has 0 unspecified atom stereocenters. The monoisotopic (exact) mass is 203 g/mol. The van der Waals surface area contributed by atoms with Crippen LogP contribution in [0.4, 0.5) is 4.39 Å². The fourth-order valence-electron chi connectivity index (χ4n) is 1.02. The van der Waals surface area contributed by atoms with Gasteiger partial charge in [-0.1, -0.05) is 11.6 Å². The lowest BCUT2D eigenvalue weighted by Gasteiger charge is -2.15. The second-order valence-electron chi connectivity index (χ2n) is 2.97. The van der Waals surface area contributed by atoms with Gasteiger partial charge in [0.05, 0.1) is 6.10 Å². The molecule has 0 fully saturated rings. The number of hydrogen-bond acceptors (Lipinski definition) is 2. The number of halogens is 2. The lowest BCUT2D eigenvalue weighted by atomic mass is 10.0. The van der Waals surface area contributed by atoms with E-state index in [0.29, 0.717) is 10.6 Å². The molecule has 13 heavy (non-hydrogen) atoms. The standard InChI is InChI=1S/C9H11ClFNO/c1-5(12)9(13)7-4-6(11)2-3-8(7)10/h2-5,9,13H,12H2,1H3/t5-,9-/m0/s1. The van der Waals surface area contributed by atoms with E-state index in [2.05, 4.69) is 0 Å². The molecule has 1 aromatic carbocycles. The van der Waals surface area contributed by atoms with E-state index >= 15 is 0 Å². The second-order valence-corrected chi connectivity index (χ2v) is 3.38. The smallest absolute Gasteiger partial charge is 0.123 e. The van der Waals surface area contributed by atoms with Crippen LogP contribution >= 0.6 is 11.6 Å². The van der Waals surface area contributed by atoms with E-state index < -0.39 is 18.0 Å². The van der Waals surface area contributed by atoms with E-state index in [0.717, 1.165) is 0 Å². The van der Waals surface area contributed by atoms with Gasteiger partial charge in [0.25, 0.3) is 0 Å². The Morgan fingerprint density at radius 2 is 2.15 bits per heavy atom. The summed E-state index contributed by atoms with van der Waals surface area (Å²) in [5.74, 6) is -0.431. The molecule has 0 aliphatic carbocycles. The Bertz CT molecular complexity index is 304. The van der Waals surface area contributed by atoms with Gasteiger partial charge in [-0.3, -0.25) is 0 Å². The molecular formula is C9H11ClFNO. The van der Waals surface area contributed by atoms with E-state index in [4.69, 9.17) is 17.3 Å². The van der Waals surface area contributed by atoms with Crippen molar-refractivity contribution >= 4 is 11.6 Å². The van der Waals surface area contributed by atoms with Crippen molar-refractivity contribution in [2.75, 3.05) is 0 Å². The van der Waals surface area contributed by atoms with Gasteiger partial charge in [0, 0.05) is 16.6 Å². The fraction of sp³-hybridized carbons (Fsp3) is 0.333. The fourth-order valence-corrected chi connectivity index (χ4v) is 1.25. The van der Waals surface area contributed by atoms with Crippen LogP contribution in [-0.4, -0.2) is 11.1 Å². The van der Waals surface area contributed by atoms with Crippen molar-refractivity contribution < 1.29 is 9.50 Å². The highest BCUT2D eigenvalue weighted by atomic mass is 35.5. The minimum atomic E-state index is -0.928. The molecule has 0 saturated carbocycles. The summed E-state index contributed by atoms with van der Waals surface area (Å²) >= 11 is 5.75. The molecule has 2 nitrogen and oxygen atoms in total. The first-order valence-corrected chi connectivity index (χ1v) is 4.28. The van der Waals surface area contributed by atoms with Crippen molar-refractivity contribution in [1.29, 1.82) is 0 Å². The molecule has 0 heterocycles. The van der Waals surface area contributed by atoms with Gasteiger partial charge in [-0.25, -0.2) is 4.39 Å². The first-order valence-electron chi connectivity index (χ1n) is 3.91. The maximum Gasteiger partial charge on any atom is 0.123 e. The van der Waals surface area contributed by atoms with Crippen LogP contribution in [0.1, 0.15) is 18.6 Å². The normalized spacial score (nSPS) is 15.5. The Balaban J connectivity index is 3.05. The maximum atomic E-state index is 12.8. The Morgan fingerprint density at radius 3 is 2.69 bits per heavy atom. The first-order chi connectivity index (χ1) is 6.02. The van der Waals surface area contributed by atoms with E-state index in [9.17, 15) is 9.50 Å². The summed E-state index contributed by atoms with van der Waals surface area (Å²) in [6.07, 6.45) is -0.928. The summed E-state index contributed by atoms with van der Waals surface area (Å²) in [5.41, 5.74) is 5.79. The molecule has 4 heteroatoms. The van der Waals surface area contributed by atoms with Gasteiger partial charge in [-0.15, -0.1) is 0 Å². The molecule has 0 radical (unpaired) electrons. The van der Waals surface area contributed by atoms with E-state index in [1.807, 2.05) is 0 Å². The first kappa shape index (κ1) is 10.4. The van der Waals surface area contributed by atoms with E-state index in [-0.39, 0.29) is 0 Å². The van der Waals surface area contributed by atoms with Crippen LogP contribution in [0.5, 0.6) is 0 Å². The molecule has 0 bridgehead atoms. The van der Waals surface area contributed by atoms with Crippen LogP contribution in [-0.2, 0) is 0 Å². The summed E-state index contributed by atoms with van der Waals surface area (Å²) in [7, 11) is 0. The Morgan fingerprint density at radius 1 is 1.54 bits per heavy atom. The molecule has 1 aromatic rings. The number of nitrogens with two attached hydrogens (primary N) is 1. The van der Waals surface area contributed by atoms with Crippen LogP contribution in [0, 0.1) is 5.82 Å². The molecule has 0 spiro atoms. The third-order valence-corrected chi connectivity index (χ3v) is 2.12. The number of hydrogen-bond donors (Lipinski definition) is 2. The van der Waals surface area contributed by atoms with E-state index in [1.54, 1.807) is 6.92 Å². The van der Waals surface area contributed by atoms with Gasteiger partial charge in [-0.05, 0) is 25.1 Å². The molecule has 0 aliphatic heterocycles. The predicted molar refractivity (Wildman–Crippen MR) is 50.0 cm³/mol. The van der Waals surface area contributed by atoms with Crippen molar-refractivity contribution in [1.82, 2.24) is 0 Å². The number of aliphatic hydroxyl groups is 1. The lowest BCUT2D eigenvalue weighted by molar-refractivity contribution is 0.153. The van der Waals surface area contributed by atoms with Crippen molar-refractivity contribution in [3.05, 3.63) is 34.6 Å². The largest absolute Gasteiger partial charge is 0.387 e. The number of rotatable bonds is 2. The molecular weight excluding hydrogens is 193 g/mol. The van der Waals surface area contributed by atoms with Gasteiger partial charge in [0.1, 0.15) is 5.82 Å². The van der Waals surface area contributed by atoms with Crippen LogP contribution in [0.25, 0.3) is 0 Å². The molecule has 2 atom stereocenters. The molecule has 0 aromatic heterocycles. The molecule has 72 valence electrons. The molecule has 1 rings (SSSR count). The van der Waals surface area contributed by atoms with Gasteiger partial charge < -0.3 is 10.8 Å². The van der Waals surface area contributed by atoms with Crippen LogP contribution in [0.3, 0.4) is 0 Å². The quantitative estimate of drug-likeness (QED) is 0.771. The average Bonchev–Trinajstić information content (AvgIpc) is 2.08. The van der Waals surface area contributed by atoms with Crippen LogP contribution in [0.2, 0.25) is 5.02 Å². The summed E-state index contributed by atoms with van der Waals surface area (Å²) in [5, 5.41) is 9.85. The highest BCUT2D eigenvalue weighted by Gasteiger charge is 2.16. The zero-order valence-electron chi connectivity index (χ0n) is 7.17. The Hall–Kier alpha value is -0.640. The SMILES string of the molecule is C[C@H](N)[C@H](O)c1cc(F)ccc1Cl. The van der Waals surface area contributed by atoms with Crippen molar-refractivity contribution in [3.8, 4) is 0 Å².